The summed E-state index contributed by atoms with van der Waals surface area (Å²) in [5.41, 5.74) is 3.69. The lowest BCUT2D eigenvalue weighted by atomic mass is 10.1. The fraction of sp³-hybridized carbons (Fsp3) is 0.310. The highest BCUT2D eigenvalue weighted by molar-refractivity contribution is 7.80. The molecule has 0 aliphatic carbocycles. The van der Waals surface area contributed by atoms with Gasteiger partial charge < -0.3 is 23.9 Å². The van der Waals surface area contributed by atoms with Crippen LogP contribution in [0.1, 0.15) is 42.1 Å². The predicted molar refractivity (Wildman–Crippen MR) is 147 cm³/mol. The molecular formula is C29H32N2O5S. The number of thiocarbonyl (C=S) groups is 1. The van der Waals surface area contributed by atoms with Gasteiger partial charge in [-0.3, -0.25) is 9.69 Å². The van der Waals surface area contributed by atoms with E-state index >= 15 is 0 Å². The van der Waals surface area contributed by atoms with Crippen molar-refractivity contribution in [3.63, 3.8) is 0 Å². The Morgan fingerprint density at radius 1 is 0.946 bits per heavy atom. The van der Waals surface area contributed by atoms with E-state index in [1.165, 1.54) is 0 Å². The number of benzene rings is 2. The molecule has 8 heteroatoms. The highest BCUT2D eigenvalue weighted by Crippen LogP contribution is 2.29. The van der Waals surface area contributed by atoms with Crippen LogP contribution in [0.2, 0.25) is 0 Å². The summed E-state index contributed by atoms with van der Waals surface area (Å²) in [4.78, 5) is 14.6. The summed E-state index contributed by atoms with van der Waals surface area (Å²) < 4.78 is 23.1. The Morgan fingerprint density at radius 3 is 2.41 bits per heavy atom. The van der Waals surface area contributed by atoms with E-state index < -0.39 is 0 Å². The number of carbonyl (C=O) groups is 1. The monoisotopic (exact) mass is 520 g/mol. The third-order valence-corrected chi connectivity index (χ3v) is 6.06. The molecule has 0 bridgehead atoms. The quantitative estimate of drug-likeness (QED) is 0.262. The molecule has 1 aliphatic rings. The van der Waals surface area contributed by atoms with E-state index in [9.17, 15) is 4.79 Å². The van der Waals surface area contributed by atoms with Gasteiger partial charge in [0.15, 0.2) is 16.6 Å². The van der Waals surface area contributed by atoms with Crippen molar-refractivity contribution in [3.05, 3.63) is 82.4 Å². The maximum absolute atomic E-state index is 13.0. The Labute approximate surface area is 223 Å². The Bertz CT molecular complexity index is 1290. The summed E-state index contributed by atoms with van der Waals surface area (Å²) in [6, 6.07) is 15.5. The van der Waals surface area contributed by atoms with Crippen molar-refractivity contribution in [2.24, 2.45) is 0 Å². The second kappa shape index (κ2) is 12.0. The first kappa shape index (κ1) is 26.3. The molecule has 1 fully saturated rings. The molecule has 1 amide bonds. The Hall–Kier alpha value is -3.78. The Kier molecular flexibility index (Phi) is 8.50. The minimum Gasteiger partial charge on any atom is -0.490 e. The maximum atomic E-state index is 13.0. The Balaban J connectivity index is 1.37. The van der Waals surface area contributed by atoms with E-state index in [1.54, 1.807) is 11.0 Å². The van der Waals surface area contributed by atoms with Crippen LogP contribution in [0.15, 0.2) is 58.6 Å². The molecule has 1 aliphatic heterocycles. The molecule has 0 saturated carbocycles. The first-order valence-electron chi connectivity index (χ1n) is 12.4. The van der Waals surface area contributed by atoms with E-state index in [1.807, 2.05) is 70.2 Å². The summed E-state index contributed by atoms with van der Waals surface area (Å²) in [7, 11) is 0. The normalized spacial score (nSPS) is 14.3. The van der Waals surface area contributed by atoms with Gasteiger partial charge in [0.05, 0.1) is 13.2 Å². The fourth-order valence-corrected chi connectivity index (χ4v) is 4.41. The molecule has 4 rings (SSSR count). The zero-order valence-electron chi connectivity index (χ0n) is 21.6. The SMILES string of the molecule is CCOc1ccc(CCN2C(=O)/C(=C\c3ccc(COc4cc(C)cc(C)c4)o3)NC2=S)cc1OCC. The van der Waals surface area contributed by atoms with Gasteiger partial charge in [-0.2, -0.15) is 0 Å². The molecule has 0 spiro atoms. The lowest BCUT2D eigenvalue weighted by Gasteiger charge is -2.15. The third-order valence-electron chi connectivity index (χ3n) is 5.74. The van der Waals surface area contributed by atoms with Gasteiger partial charge in [0, 0.05) is 12.6 Å². The van der Waals surface area contributed by atoms with Gasteiger partial charge in [0.25, 0.3) is 5.91 Å². The van der Waals surface area contributed by atoms with Crippen LogP contribution in [0, 0.1) is 13.8 Å². The number of ether oxygens (including phenoxy) is 3. The summed E-state index contributed by atoms with van der Waals surface area (Å²) in [6.07, 6.45) is 2.28. The number of amides is 1. The molecule has 0 unspecified atom stereocenters. The summed E-state index contributed by atoms with van der Waals surface area (Å²) in [6.45, 7) is 9.78. The standard InChI is InChI=1S/C29H32N2O5S/c1-5-33-26-10-7-21(16-27(26)34-6-2)11-12-31-28(32)25(30-29(31)37)17-22-8-9-23(36-22)18-35-24-14-19(3)13-20(4)15-24/h7-10,13-17H,5-6,11-12,18H2,1-4H3,(H,30,37)/b25-17+. The van der Waals surface area contributed by atoms with Crippen molar-refractivity contribution in [2.75, 3.05) is 19.8 Å². The second-order valence-electron chi connectivity index (χ2n) is 8.76. The number of rotatable bonds is 11. The number of furan rings is 1. The van der Waals surface area contributed by atoms with Crippen LogP contribution < -0.4 is 19.5 Å². The van der Waals surface area contributed by atoms with Crippen molar-refractivity contribution >= 4 is 29.3 Å². The molecule has 3 aromatic rings. The smallest absolute Gasteiger partial charge is 0.276 e. The van der Waals surface area contributed by atoms with E-state index in [0.29, 0.717) is 66.6 Å². The number of nitrogens with zero attached hydrogens (tertiary/aromatic N) is 1. The molecule has 1 N–H and O–H groups in total. The van der Waals surface area contributed by atoms with Gasteiger partial charge in [-0.15, -0.1) is 0 Å². The van der Waals surface area contributed by atoms with Crippen LogP contribution in [-0.2, 0) is 17.8 Å². The average molecular weight is 521 g/mol. The zero-order valence-corrected chi connectivity index (χ0v) is 22.4. The molecule has 0 radical (unpaired) electrons. The molecular weight excluding hydrogens is 488 g/mol. The molecule has 1 saturated heterocycles. The van der Waals surface area contributed by atoms with E-state index in [4.69, 9.17) is 30.8 Å². The zero-order chi connectivity index (χ0) is 26.4. The van der Waals surface area contributed by atoms with Gasteiger partial charge >= 0.3 is 0 Å². The van der Waals surface area contributed by atoms with E-state index in [2.05, 4.69) is 11.4 Å². The van der Waals surface area contributed by atoms with Crippen molar-refractivity contribution < 1.29 is 23.4 Å². The van der Waals surface area contributed by atoms with E-state index in [0.717, 1.165) is 22.4 Å². The maximum Gasteiger partial charge on any atom is 0.276 e. The first-order valence-corrected chi connectivity index (χ1v) is 12.8. The predicted octanol–water partition coefficient (Wildman–Crippen LogP) is 5.57. The van der Waals surface area contributed by atoms with Crippen molar-refractivity contribution in [3.8, 4) is 17.2 Å². The van der Waals surface area contributed by atoms with E-state index in [-0.39, 0.29) is 5.91 Å². The number of nitrogens with one attached hydrogen (secondary N) is 1. The van der Waals surface area contributed by atoms with Crippen molar-refractivity contribution in [1.29, 1.82) is 0 Å². The van der Waals surface area contributed by atoms with Gasteiger partial charge in [-0.25, -0.2) is 0 Å². The summed E-state index contributed by atoms with van der Waals surface area (Å²) in [5, 5.41) is 3.38. The topological polar surface area (TPSA) is 73.2 Å². The fourth-order valence-electron chi connectivity index (χ4n) is 4.13. The van der Waals surface area contributed by atoms with Gasteiger partial charge in [0.2, 0.25) is 0 Å². The second-order valence-corrected chi connectivity index (χ2v) is 9.14. The molecule has 194 valence electrons. The summed E-state index contributed by atoms with van der Waals surface area (Å²) in [5.74, 6) is 3.23. The number of hydrogen-bond acceptors (Lipinski definition) is 6. The molecule has 37 heavy (non-hydrogen) atoms. The third kappa shape index (κ3) is 6.71. The minimum atomic E-state index is -0.189. The van der Waals surface area contributed by atoms with Gasteiger partial charge in [-0.05, 0) is 99.4 Å². The highest BCUT2D eigenvalue weighted by Gasteiger charge is 2.30. The van der Waals surface area contributed by atoms with Crippen LogP contribution in [0.25, 0.3) is 6.08 Å². The number of carbonyl (C=O) groups excluding carboxylic acids is 1. The lowest BCUT2D eigenvalue weighted by molar-refractivity contribution is -0.122. The number of hydrogen-bond donors (Lipinski definition) is 1. The van der Waals surface area contributed by atoms with Crippen LogP contribution in [0.3, 0.4) is 0 Å². The van der Waals surface area contributed by atoms with Crippen LogP contribution in [-0.4, -0.2) is 35.7 Å². The summed E-state index contributed by atoms with van der Waals surface area (Å²) >= 11 is 5.43. The number of aryl methyl sites for hydroxylation is 2. The van der Waals surface area contributed by atoms with Crippen molar-refractivity contribution in [2.45, 2.75) is 40.7 Å². The van der Waals surface area contributed by atoms with Crippen LogP contribution in [0.4, 0.5) is 0 Å². The Morgan fingerprint density at radius 2 is 1.68 bits per heavy atom. The lowest BCUT2D eigenvalue weighted by Crippen LogP contribution is -2.32. The largest absolute Gasteiger partial charge is 0.490 e. The molecule has 0 atom stereocenters. The molecule has 2 aromatic carbocycles. The molecule has 7 nitrogen and oxygen atoms in total. The van der Waals surface area contributed by atoms with Gasteiger partial charge in [-0.1, -0.05) is 12.1 Å². The molecule has 1 aromatic heterocycles. The van der Waals surface area contributed by atoms with Gasteiger partial charge in [0.1, 0.15) is 29.6 Å². The highest BCUT2D eigenvalue weighted by atomic mass is 32.1. The molecule has 2 heterocycles. The average Bonchev–Trinajstić information content (AvgIpc) is 3.41. The van der Waals surface area contributed by atoms with Crippen LogP contribution in [0.5, 0.6) is 17.2 Å². The minimum absolute atomic E-state index is 0.189. The first-order chi connectivity index (χ1) is 17.9. The van der Waals surface area contributed by atoms with Crippen molar-refractivity contribution in [1.82, 2.24) is 10.2 Å². The van der Waals surface area contributed by atoms with Crippen LogP contribution >= 0.6 is 12.2 Å².